The molecule has 1 rings (SSSR count). The van der Waals surface area contributed by atoms with Crippen molar-refractivity contribution >= 4 is 17.4 Å². The lowest BCUT2D eigenvalue weighted by Gasteiger charge is -2.25. The number of hydrogen-bond donors (Lipinski definition) is 0. The quantitative estimate of drug-likeness (QED) is 0.694. The average molecular weight is 268 g/mol. The van der Waals surface area contributed by atoms with Gasteiger partial charge < -0.3 is 4.79 Å². The fraction of sp³-hybridized carbons (Fsp3) is 0.533. The van der Waals surface area contributed by atoms with Gasteiger partial charge in [0.05, 0.1) is 0 Å². The standard InChI is InChI=1S/C15H22ClNO/c1-12(18)7-4-5-10-17(3)13(2)14-8-6-9-15(16)11-14/h6,8-9,11,13H,4-5,7,10H2,1-3H3. The van der Waals surface area contributed by atoms with Crippen LogP contribution < -0.4 is 0 Å². The van der Waals surface area contributed by atoms with Crippen LogP contribution in [0, 0.1) is 0 Å². The number of hydrogen-bond acceptors (Lipinski definition) is 2. The van der Waals surface area contributed by atoms with E-state index in [0.717, 1.165) is 24.4 Å². The number of nitrogens with zero attached hydrogens (tertiary/aromatic N) is 1. The SMILES string of the molecule is CC(=O)CCCCN(C)C(C)c1cccc(Cl)c1. The van der Waals surface area contributed by atoms with Crippen molar-refractivity contribution in [1.82, 2.24) is 4.90 Å². The second-order valence-electron chi connectivity index (χ2n) is 4.87. The molecule has 0 aromatic heterocycles. The Hall–Kier alpha value is -0.860. The van der Waals surface area contributed by atoms with Gasteiger partial charge in [-0.25, -0.2) is 0 Å². The molecule has 1 aromatic carbocycles. The van der Waals surface area contributed by atoms with Crippen LogP contribution in [0.5, 0.6) is 0 Å². The van der Waals surface area contributed by atoms with E-state index < -0.39 is 0 Å². The summed E-state index contributed by atoms with van der Waals surface area (Å²) in [5.74, 6) is 0.278. The molecule has 0 spiro atoms. The second kappa shape index (κ2) is 7.55. The van der Waals surface area contributed by atoms with E-state index in [1.807, 2.05) is 18.2 Å². The first-order valence-corrected chi connectivity index (χ1v) is 6.83. The van der Waals surface area contributed by atoms with Gasteiger partial charge in [0.1, 0.15) is 5.78 Å². The van der Waals surface area contributed by atoms with Crippen molar-refractivity contribution in [1.29, 1.82) is 0 Å². The van der Waals surface area contributed by atoms with Crippen molar-refractivity contribution in [2.75, 3.05) is 13.6 Å². The molecule has 0 radical (unpaired) electrons. The van der Waals surface area contributed by atoms with Gasteiger partial charge in [0.15, 0.2) is 0 Å². The number of carbonyl (C=O) groups excluding carboxylic acids is 1. The van der Waals surface area contributed by atoms with Crippen molar-refractivity contribution < 1.29 is 4.79 Å². The summed E-state index contributed by atoms with van der Waals surface area (Å²) in [6, 6.07) is 8.34. The Balaban J connectivity index is 2.41. The van der Waals surface area contributed by atoms with Gasteiger partial charge in [-0.1, -0.05) is 23.7 Å². The van der Waals surface area contributed by atoms with Crippen LogP contribution in [0.1, 0.15) is 44.7 Å². The van der Waals surface area contributed by atoms with Gasteiger partial charge in [0, 0.05) is 17.5 Å². The summed E-state index contributed by atoms with van der Waals surface area (Å²) in [6.45, 7) is 4.83. The third kappa shape index (κ3) is 5.19. The molecule has 1 unspecified atom stereocenters. The molecule has 100 valence electrons. The van der Waals surface area contributed by atoms with Gasteiger partial charge in [0.2, 0.25) is 0 Å². The maximum absolute atomic E-state index is 10.9. The summed E-state index contributed by atoms with van der Waals surface area (Å²) in [4.78, 5) is 13.2. The van der Waals surface area contributed by atoms with Gasteiger partial charge >= 0.3 is 0 Å². The molecule has 0 aliphatic rings. The molecule has 0 amide bonds. The van der Waals surface area contributed by atoms with Crippen LogP contribution in [0.3, 0.4) is 0 Å². The number of benzene rings is 1. The average Bonchev–Trinajstić information content (AvgIpc) is 2.33. The molecule has 0 saturated carbocycles. The number of Topliss-reactive ketones (excluding diaryl/α,β-unsaturated/α-hetero) is 1. The fourth-order valence-corrected chi connectivity index (χ4v) is 2.15. The van der Waals surface area contributed by atoms with Gasteiger partial charge in [-0.2, -0.15) is 0 Å². The Morgan fingerprint density at radius 3 is 2.72 bits per heavy atom. The Morgan fingerprint density at radius 1 is 1.39 bits per heavy atom. The summed E-state index contributed by atoms with van der Waals surface area (Å²) in [5, 5.41) is 0.782. The van der Waals surface area contributed by atoms with E-state index in [0.29, 0.717) is 12.5 Å². The third-order valence-electron chi connectivity index (χ3n) is 3.28. The zero-order valence-electron chi connectivity index (χ0n) is 11.4. The number of ketones is 1. The molecule has 18 heavy (non-hydrogen) atoms. The first kappa shape index (κ1) is 15.2. The minimum atomic E-state index is 0.278. The molecule has 3 heteroatoms. The van der Waals surface area contributed by atoms with E-state index in [1.165, 1.54) is 5.56 Å². The molecule has 1 atom stereocenters. The Morgan fingerprint density at radius 2 is 2.11 bits per heavy atom. The predicted molar refractivity (Wildman–Crippen MR) is 77.0 cm³/mol. The fourth-order valence-electron chi connectivity index (χ4n) is 1.95. The molecule has 0 saturated heterocycles. The van der Waals surface area contributed by atoms with E-state index in [2.05, 4.69) is 24.9 Å². The van der Waals surface area contributed by atoms with E-state index in [-0.39, 0.29) is 5.78 Å². The highest BCUT2D eigenvalue weighted by molar-refractivity contribution is 6.30. The maximum Gasteiger partial charge on any atom is 0.129 e. The molecular weight excluding hydrogens is 246 g/mol. The summed E-state index contributed by atoms with van der Waals surface area (Å²) in [5.41, 5.74) is 1.23. The van der Waals surface area contributed by atoms with Gasteiger partial charge in [-0.3, -0.25) is 4.90 Å². The van der Waals surface area contributed by atoms with Crippen LogP contribution in [0.15, 0.2) is 24.3 Å². The summed E-state index contributed by atoms with van der Waals surface area (Å²) >= 11 is 6.00. The number of rotatable bonds is 7. The topological polar surface area (TPSA) is 20.3 Å². The predicted octanol–water partition coefficient (Wildman–Crippen LogP) is 4.09. The lowest BCUT2D eigenvalue weighted by molar-refractivity contribution is -0.117. The van der Waals surface area contributed by atoms with E-state index in [9.17, 15) is 4.79 Å². The molecule has 1 aromatic rings. The molecule has 2 nitrogen and oxygen atoms in total. The van der Waals surface area contributed by atoms with Crippen LogP contribution in [0.25, 0.3) is 0 Å². The van der Waals surface area contributed by atoms with Crippen LogP contribution in [0.2, 0.25) is 5.02 Å². The summed E-state index contributed by atoms with van der Waals surface area (Å²) < 4.78 is 0. The van der Waals surface area contributed by atoms with Crippen LogP contribution >= 0.6 is 11.6 Å². The zero-order valence-corrected chi connectivity index (χ0v) is 12.2. The highest BCUT2D eigenvalue weighted by Gasteiger charge is 2.11. The lowest BCUT2D eigenvalue weighted by Crippen LogP contribution is -2.23. The number of carbonyl (C=O) groups is 1. The first-order chi connectivity index (χ1) is 8.50. The second-order valence-corrected chi connectivity index (χ2v) is 5.31. The van der Waals surface area contributed by atoms with Crippen LogP contribution in [-0.2, 0) is 4.79 Å². The van der Waals surface area contributed by atoms with Crippen molar-refractivity contribution in [2.45, 2.75) is 39.2 Å². The Kier molecular flexibility index (Phi) is 6.37. The third-order valence-corrected chi connectivity index (χ3v) is 3.52. The first-order valence-electron chi connectivity index (χ1n) is 6.46. The van der Waals surface area contributed by atoms with Crippen molar-refractivity contribution in [3.63, 3.8) is 0 Å². The zero-order chi connectivity index (χ0) is 13.5. The highest BCUT2D eigenvalue weighted by atomic mass is 35.5. The summed E-state index contributed by atoms with van der Waals surface area (Å²) in [7, 11) is 2.11. The molecule has 0 aliphatic carbocycles. The molecule has 0 fully saturated rings. The summed E-state index contributed by atoms with van der Waals surface area (Å²) in [6.07, 6.45) is 2.72. The van der Waals surface area contributed by atoms with Gasteiger partial charge in [-0.05, 0) is 58.0 Å². The molecule has 0 heterocycles. The van der Waals surface area contributed by atoms with Gasteiger partial charge in [-0.15, -0.1) is 0 Å². The van der Waals surface area contributed by atoms with Crippen molar-refractivity contribution in [2.24, 2.45) is 0 Å². The maximum atomic E-state index is 10.9. The monoisotopic (exact) mass is 267 g/mol. The van der Waals surface area contributed by atoms with Crippen molar-refractivity contribution in [3.8, 4) is 0 Å². The normalized spacial score (nSPS) is 12.7. The Labute approximate surface area is 115 Å². The van der Waals surface area contributed by atoms with E-state index in [1.54, 1.807) is 6.92 Å². The number of unbranched alkanes of at least 4 members (excludes halogenated alkanes) is 1. The minimum absolute atomic E-state index is 0.278. The van der Waals surface area contributed by atoms with E-state index >= 15 is 0 Å². The van der Waals surface area contributed by atoms with Crippen LogP contribution in [0.4, 0.5) is 0 Å². The Bertz CT molecular complexity index is 392. The van der Waals surface area contributed by atoms with Gasteiger partial charge in [0.25, 0.3) is 0 Å². The lowest BCUT2D eigenvalue weighted by atomic mass is 10.1. The molecule has 0 aliphatic heterocycles. The van der Waals surface area contributed by atoms with E-state index in [4.69, 9.17) is 11.6 Å². The van der Waals surface area contributed by atoms with Crippen molar-refractivity contribution in [3.05, 3.63) is 34.9 Å². The highest BCUT2D eigenvalue weighted by Crippen LogP contribution is 2.22. The smallest absolute Gasteiger partial charge is 0.129 e. The number of halogens is 1. The molecule has 0 N–H and O–H groups in total. The van der Waals surface area contributed by atoms with Crippen LogP contribution in [-0.4, -0.2) is 24.3 Å². The molecule has 0 bridgehead atoms. The molecular formula is C15H22ClNO. The minimum Gasteiger partial charge on any atom is -0.300 e. The largest absolute Gasteiger partial charge is 0.300 e.